The van der Waals surface area contributed by atoms with Crippen molar-refractivity contribution in [3.8, 4) is 5.75 Å². The Morgan fingerprint density at radius 3 is 2.41 bits per heavy atom. The molecule has 0 bridgehead atoms. The molecule has 1 amide bonds. The van der Waals surface area contributed by atoms with Crippen LogP contribution in [0.1, 0.15) is 68.9 Å². The monoisotopic (exact) mass is 558 g/mol. The molecule has 4 rings (SSSR count). The van der Waals surface area contributed by atoms with Crippen LogP contribution in [0.25, 0.3) is 0 Å². The standard InChI is InChI=1S/C31H43FN2O4S/c32-27-18-19-34(22-27)23-28(21-25-14-16-29(17-15-25)38-24-26-9-3-1-4-10-26)33-31(35)13-7-8-20-39(36,37)30-11-5-2-6-12-30/h1,3-4,9-10,14-17,27-28,30H,2,5-8,11-13,18-24H2,(H,33,35). The third kappa shape index (κ3) is 9.91. The van der Waals surface area contributed by atoms with Crippen molar-refractivity contribution in [2.45, 2.75) is 88.3 Å². The number of nitrogens with zero attached hydrogens (tertiary/aromatic N) is 1. The summed E-state index contributed by atoms with van der Waals surface area (Å²) in [5.41, 5.74) is 2.18. The van der Waals surface area contributed by atoms with Crippen LogP contribution in [0.15, 0.2) is 54.6 Å². The lowest BCUT2D eigenvalue weighted by molar-refractivity contribution is -0.122. The fraction of sp³-hybridized carbons (Fsp3) is 0.581. The zero-order chi connectivity index (χ0) is 27.5. The van der Waals surface area contributed by atoms with Crippen LogP contribution < -0.4 is 10.1 Å². The van der Waals surface area contributed by atoms with Crippen molar-refractivity contribution >= 4 is 15.7 Å². The van der Waals surface area contributed by atoms with E-state index >= 15 is 0 Å². The van der Waals surface area contributed by atoms with Crippen LogP contribution in [-0.2, 0) is 27.7 Å². The van der Waals surface area contributed by atoms with Gasteiger partial charge in [-0.1, -0.05) is 61.7 Å². The molecule has 2 fully saturated rings. The number of alkyl halides is 1. The van der Waals surface area contributed by atoms with E-state index in [1.165, 1.54) is 0 Å². The molecular weight excluding hydrogens is 515 g/mol. The predicted molar refractivity (Wildman–Crippen MR) is 153 cm³/mol. The maximum atomic E-state index is 13.8. The minimum absolute atomic E-state index is 0.0751. The molecule has 1 N–H and O–H groups in total. The molecule has 1 aliphatic heterocycles. The zero-order valence-corrected chi connectivity index (χ0v) is 23.7. The Balaban J connectivity index is 1.25. The van der Waals surface area contributed by atoms with Crippen LogP contribution in [0, 0.1) is 0 Å². The Labute approximate surface area is 233 Å². The SMILES string of the molecule is O=C(CCCCS(=O)(=O)C1CCCCC1)NC(Cc1ccc(OCc2ccccc2)cc1)CN1CCC(F)C1. The summed E-state index contributed by atoms with van der Waals surface area (Å²) in [7, 11) is -3.07. The maximum Gasteiger partial charge on any atom is 0.220 e. The third-order valence-electron chi connectivity index (χ3n) is 7.86. The molecule has 6 nitrogen and oxygen atoms in total. The van der Waals surface area contributed by atoms with Gasteiger partial charge in [0.15, 0.2) is 9.84 Å². The normalized spacial score (nSPS) is 19.6. The molecule has 39 heavy (non-hydrogen) atoms. The minimum Gasteiger partial charge on any atom is -0.489 e. The number of hydrogen-bond acceptors (Lipinski definition) is 5. The van der Waals surface area contributed by atoms with Crippen LogP contribution in [0.3, 0.4) is 0 Å². The van der Waals surface area contributed by atoms with Gasteiger partial charge >= 0.3 is 0 Å². The molecule has 2 aromatic rings. The average molecular weight is 559 g/mol. The highest BCUT2D eigenvalue weighted by Gasteiger charge is 2.27. The summed E-state index contributed by atoms with van der Waals surface area (Å²) in [6.07, 6.45) is 6.39. The van der Waals surface area contributed by atoms with Crippen LogP contribution in [0.2, 0.25) is 0 Å². The highest BCUT2D eigenvalue weighted by atomic mass is 32.2. The summed E-state index contributed by atoms with van der Waals surface area (Å²) in [5.74, 6) is 0.874. The number of benzene rings is 2. The van der Waals surface area contributed by atoms with Crippen LogP contribution >= 0.6 is 0 Å². The Kier molecular flexibility index (Phi) is 11.2. The van der Waals surface area contributed by atoms with Crippen molar-refractivity contribution in [2.75, 3.05) is 25.4 Å². The van der Waals surface area contributed by atoms with Crippen LogP contribution in [0.4, 0.5) is 4.39 Å². The number of amides is 1. The van der Waals surface area contributed by atoms with E-state index in [4.69, 9.17) is 4.74 Å². The molecule has 1 saturated heterocycles. The molecule has 2 aliphatic rings. The fourth-order valence-corrected chi connectivity index (χ4v) is 7.64. The topological polar surface area (TPSA) is 75.7 Å². The predicted octanol–water partition coefficient (Wildman–Crippen LogP) is 5.25. The molecule has 0 spiro atoms. The largest absolute Gasteiger partial charge is 0.489 e. The van der Waals surface area contributed by atoms with Gasteiger partial charge in [0, 0.05) is 32.1 Å². The lowest BCUT2D eigenvalue weighted by Gasteiger charge is -2.25. The smallest absolute Gasteiger partial charge is 0.220 e. The molecule has 2 atom stereocenters. The second-order valence-electron chi connectivity index (χ2n) is 11.1. The van der Waals surface area contributed by atoms with Gasteiger partial charge in [-0.3, -0.25) is 9.69 Å². The van der Waals surface area contributed by atoms with Gasteiger partial charge < -0.3 is 10.1 Å². The Hall–Kier alpha value is -2.45. The molecular formula is C31H43FN2O4S. The molecule has 1 heterocycles. The summed E-state index contributed by atoms with van der Waals surface area (Å²) in [6, 6.07) is 17.8. The first kappa shape index (κ1) is 29.5. The lowest BCUT2D eigenvalue weighted by atomic mass is 10.0. The third-order valence-corrected chi connectivity index (χ3v) is 10.2. The van der Waals surface area contributed by atoms with Gasteiger partial charge in [-0.2, -0.15) is 0 Å². The number of nitrogens with one attached hydrogen (secondary N) is 1. The number of halogens is 1. The zero-order valence-electron chi connectivity index (χ0n) is 22.9. The van der Waals surface area contributed by atoms with Crippen molar-refractivity contribution in [1.82, 2.24) is 10.2 Å². The van der Waals surface area contributed by atoms with E-state index in [1.54, 1.807) is 0 Å². The van der Waals surface area contributed by atoms with Gasteiger partial charge in [-0.05, 0) is 61.8 Å². The van der Waals surface area contributed by atoms with Crippen molar-refractivity contribution < 1.29 is 22.3 Å². The van der Waals surface area contributed by atoms with E-state index in [9.17, 15) is 17.6 Å². The van der Waals surface area contributed by atoms with E-state index in [0.29, 0.717) is 58.3 Å². The molecule has 1 saturated carbocycles. The Morgan fingerprint density at radius 2 is 1.72 bits per heavy atom. The molecule has 0 radical (unpaired) electrons. The maximum absolute atomic E-state index is 13.8. The van der Waals surface area contributed by atoms with Gasteiger partial charge in [0.05, 0.1) is 11.0 Å². The van der Waals surface area contributed by atoms with Crippen LogP contribution in [-0.4, -0.2) is 62.1 Å². The van der Waals surface area contributed by atoms with E-state index in [1.807, 2.05) is 54.6 Å². The van der Waals surface area contributed by atoms with E-state index < -0.39 is 16.0 Å². The first-order valence-corrected chi connectivity index (χ1v) is 16.2. The van der Waals surface area contributed by atoms with Gasteiger partial charge in [-0.15, -0.1) is 0 Å². The molecule has 8 heteroatoms. The quantitative estimate of drug-likeness (QED) is 0.321. The van der Waals surface area contributed by atoms with Crippen molar-refractivity contribution in [3.63, 3.8) is 0 Å². The Bertz CT molecular complexity index is 1120. The first-order valence-electron chi connectivity index (χ1n) is 14.5. The van der Waals surface area contributed by atoms with E-state index in [0.717, 1.165) is 49.0 Å². The van der Waals surface area contributed by atoms with Crippen molar-refractivity contribution in [1.29, 1.82) is 0 Å². The second-order valence-corrected chi connectivity index (χ2v) is 13.5. The van der Waals surface area contributed by atoms with Crippen molar-refractivity contribution in [2.24, 2.45) is 0 Å². The lowest BCUT2D eigenvalue weighted by Crippen LogP contribution is -2.44. The van der Waals surface area contributed by atoms with E-state index in [-0.39, 0.29) is 23.0 Å². The van der Waals surface area contributed by atoms with Gasteiger partial charge in [0.2, 0.25) is 5.91 Å². The van der Waals surface area contributed by atoms with E-state index in [2.05, 4.69) is 10.2 Å². The summed E-state index contributed by atoms with van der Waals surface area (Å²) >= 11 is 0. The molecule has 214 valence electrons. The average Bonchev–Trinajstić information content (AvgIpc) is 3.36. The molecule has 0 aromatic heterocycles. The second kappa shape index (κ2) is 14.8. The summed E-state index contributed by atoms with van der Waals surface area (Å²) < 4.78 is 44.9. The highest BCUT2D eigenvalue weighted by molar-refractivity contribution is 7.92. The summed E-state index contributed by atoms with van der Waals surface area (Å²) in [5, 5.41) is 2.95. The fourth-order valence-electron chi connectivity index (χ4n) is 5.65. The highest BCUT2D eigenvalue weighted by Crippen LogP contribution is 2.25. The van der Waals surface area contributed by atoms with Gasteiger partial charge in [-0.25, -0.2) is 12.8 Å². The number of sulfone groups is 1. The number of unbranched alkanes of at least 4 members (excludes halogenated alkanes) is 1. The van der Waals surface area contributed by atoms with Gasteiger partial charge in [0.1, 0.15) is 18.5 Å². The molecule has 2 unspecified atom stereocenters. The van der Waals surface area contributed by atoms with Crippen LogP contribution in [0.5, 0.6) is 5.75 Å². The number of hydrogen-bond donors (Lipinski definition) is 1. The Morgan fingerprint density at radius 1 is 0.974 bits per heavy atom. The number of rotatable bonds is 14. The molecule has 1 aliphatic carbocycles. The number of carbonyl (C=O) groups excluding carboxylic acids is 1. The number of likely N-dealkylation sites (tertiary alicyclic amines) is 1. The van der Waals surface area contributed by atoms with Gasteiger partial charge in [0.25, 0.3) is 0 Å². The summed E-state index contributed by atoms with van der Waals surface area (Å²) in [4.78, 5) is 14.9. The molecule has 2 aromatic carbocycles. The number of carbonyl (C=O) groups is 1. The minimum atomic E-state index is -3.07. The summed E-state index contributed by atoms with van der Waals surface area (Å²) in [6.45, 7) is 2.19. The number of ether oxygens (including phenoxy) is 1. The first-order chi connectivity index (χ1) is 18.9. The van der Waals surface area contributed by atoms with Crippen molar-refractivity contribution in [3.05, 3.63) is 65.7 Å².